The van der Waals surface area contributed by atoms with E-state index in [9.17, 15) is 0 Å². The number of hydrogen-bond acceptors (Lipinski definition) is 0. The maximum atomic E-state index is 5.58. The van der Waals surface area contributed by atoms with Crippen LogP contribution in [0.1, 0.15) is 232 Å². The molecule has 6 rings (SSSR count). The van der Waals surface area contributed by atoms with Crippen molar-refractivity contribution < 1.29 is 13.5 Å². The molecule has 6 aliphatic rings. The quantitative estimate of drug-likeness (QED) is 0.110. The molecule has 0 bridgehead atoms. The van der Waals surface area contributed by atoms with E-state index in [4.69, 9.17) is 19.4 Å². The molecule has 6 saturated carbocycles. The Balaban J connectivity index is 0.000000173. The van der Waals surface area contributed by atoms with Gasteiger partial charge in [0.1, 0.15) is 0 Å². The second-order valence-electron chi connectivity index (χ2n) is 17.3. The molecule has 0 N–H and O–H groups in total. The molecule has 0 saturated heterocycles. The number of halogens is 2. The molecule has 5 heteroatoms. The van der Waals surface area contributed by atoms with E-state index in [0.29, 0.717) is 0 Å². The first-order chi connectivity index (χ1) is 24.2. The van der Waals surface area contributed by atoms with Gasteiger partial charge >= 0.3 is 82.3 Å². The molecule has 6 fully saturated rings. The first kappa shape index (κ1) is 43.4. The number of allylic oxidation sites excluding steroid dienone is 1. The molecular weight excluding hydrogens is 762 g/mol. The van der Waals surface area contributed by atoms with Crippen LogP contribution in [0.3, 0.4) is 0 Å². The van der Waals surface area contributed by atoms with Crippen molar-refractivity contribution in [2.45, 2.75) is 266 Å². The molecule has 0 radical (unpaired) electrons. The van der Waals surface area contributed by atoms with Gasteiger partial charge in [0.2, 0.25) is 0 Å². The van der Waals surface area contributed by atoms with E-state index in [-0.39, 0.29) is 15.8 Å². The summed E-state index contributed by atoms with van der Waals surface area (Å²) in [6, 6.07) is 0. The van der Waals surface area contributed by atoms with Gasteiger partial charge in [-0.3, -0.25) is 0 Å². The van der Waals surface area contributed by atoms with Crippen molar-refractivity contribution in [1.29, 1.82) is 0 Å². The van der Waals surface area contributed by atoms with E-state index in [1.165, 1.54) is 59.6 Å². The van der Waals surface area contributed by atoms with E-state index in [2.05, 4.69) is 11.2 Å². The number of unbranched alkanes of at least 4 members (excludes halogenated alkanes) is 4. The van der Waals surface area contributed by atoms with Crippen LogP contribution in [-0.4, -0.2) is 38.2 Å². The van der Waals surface area contributed by atoms with Gasteiger partial charge in [0.15, 0.2) is 0 Å². The summed E-state index contributed by atoms with van der Waals surface area (Å²) in [7, 11) is 11.1. The number of hydrogen-bond donors (Lipinski definition) is 0. The minimum atomic E-state index is -1.63. The van der Waals surface area contributed by atoms with Crippen LogP contribution in [0.25, 0.3) is 0 Å². The van der Waals surface area contributed by atoms with Gasteiger partial charge in [-0.1, -0.05) is 38.5 Å². The summed E-state index contributed by atoms with van der Waals surface area (Å²) in [5, 5.41) is 0. The zero-order valence-electron chi connectivity index (χ0n) is 32.4. The Bertz CT molecular complexity index is 726. The monoisotopic (exact) mass is 844 g/mol. The van der Waals surface area contributed by atoms with Crippen LogP contribution in [0.15, 0.2) is 6.08 Å². The van der Waals surface area contributed by atoms with Gasteiger partial charge < -0.3 is 0 Å². The van der Waals surface area contributed by atoms with E-state index in [0.717, 1.165) is 6.42 Å². The van der Waals surface area contributed by atoms with Crippen LogP contribution in [0.5, 0.6) is 0 Å². The molecule has 0 aromatic carbocycles. The summed E-state index contributed by atoms with van der Waals surface area (Å²) in [6.45, 7) is 2.21. The van der Waals surface area contributed by atoms with E-state index in [1.807, 2.05) is 6.08 Å². The number of rotatable bonds is 11. The second kappa shape index (κ2) is 27.3. The Kier molecular flexibility index (Phi) is 24.2. The molecular formula is C44H82Cl2P2Ru+2. The summed E-state index contributed by atoms with van der Waals surface area (Å²) < 4.78 is 2.97. The van der Waals surface area contributed by atoms with Crippen molar-refractivity contribution >= 4 is 39.5 Å². The van der Waals surface area contributed by atoms with Crippen LogP contribution >= 0.6 is 35.2 Å². The van der Waals surface area contributed by atoms with Crippen LogP contribution in [0.4, 0.5) is 0 Å². The first-order valence-corrected chi connectivity index (χ1v) is 31.3. The standard InChI is InChI=1S/2C18H33P.C8H14.2ClH.Ru/c2*1-4-10-16(11-5-1)19(17-12-6-2-7-13-17)18-14-8-3-9-15-18;1-3-5-7-8-6-4-2;;;/h2*16-18H,1-15H2;4H,3,5-8H2,1H3;2*1H;/q;;;;;+2. The van der Waals surface area contributed by atoms with Crippen molar-refractivity contribution in [3.05, 3.63) is 6.08 Å². The maximum absolute atomic E-state index is 5.58. The zero-order valence-corrected chi connectivity index (χ0v) is 37.6. The van der Waals surface area contributed by atoms with Crippen molar-refractivity contribution in [3.63, 3.8) is 0 Å². The average molecular weight is 845 g/mol. The Labute approximate surface area is 322 Å². The Morgan fingerprint density at radius 3 is 0.918 bits per heavy atom. The third-order valence-electron chi connectivity index (χ3n) is 13.8. The summed E-state index contributed by atoms with van der Waals surface area (Å²) in [5.74, 6) is 0. The normalized spacial score (nSPS) is 24.8. The zero-order chi connectivity index (χ0) is 34.4. The average Bonchev–Trinajstić information content (AvgIpc) is 3.16. The van der Waals surface area contributed by atoms with Gasteiger partial charge in [0, 0.05) is 15.8 Å². The molecule has 49 heavy (non-hydrogen) atoms. The van der Waals surface area contributed by atoms with Gasteiger partial charge in [-0.15, -0.1) is 0 Å². The third-order valence-corrected chi connectivity index (χ3v) is 24.6. The summed E-state index contributed by atoms with van der Waals surface area (Å²) in [6.07, 6.45) is 55.8. The van der Waals surface area contributed by atoms with Crippen molar-refractivity contribution in [3.8, 4) is 0 Å². The van der Waals surface area contributed by atoms with E-state index < -0.39 is 13.5 Å². The molecule has 0 aromatic heterocycles. The first-order valence-electron chi connectivity index (χ1n) is 22.5. The van der Waals surface area contributed by atoms with Gasteiger partial charge in [-0.25, -0.2) is 0 Å². The van der Waals surface area contributed by atoms with Crippen molar-refractivity contribution in [1.82, 2.24) is 0 Å². The molecule has 0 heterocycles. The fourth-order valence-corrected chi connectivity index (χ4v) is 23.0. The Hall–Kier alpha value is 1.71. The summed E-state index contributed by atoms with van der Waals surface area (Å²) >= 11 is -1.63. The van der Waals surface area contributed by atoms with Crippen LogP contribution < -0.4 is 0 Å². The fraction of sp³-hybridized carbons (Fsp3) is 0.955. The Morgan fingerprint density at radius 2 is 0.694 bits per heavy atom. The molecule has 0 amide bonds. The summed E-state index contributed by atoms with van der Waals surface area (Å²) in [5.41, 5.74) is 7.36. The molecule has 6 aliphatic carbocycles. The van der Waals surface area contributed by atoms with E-state index >= 15 is 0 Å². The molecule has 0 atom stereocenters. The third kappa shape index (κ3) is 16.9. The molecule has 0 unspecified atom stereocenters. The minimum absolute atomic E-state index is 0.0465. The second-order valence-corrected chi connectivity index (χ2v) is 29.6. The van der Waals surface area contributed by atoms with Crippen LogP contribution in [-0.2, 0) is 13.5 Å². The molecule has 288 valence electrons. The van der Waals surface area contributed by atoms with Crippen LogP contribution in [0.2, 0.25) is 0 Å². The Morgan fingerprint density at radius 1 is 0.429 bits per heavy atom. The van der Waals surface area contributed by atoms with E-state index in [1.54, 1.807) is 193 Å². The predicted octanol–water partition coefficient (Wildman–Crippen LogP) is 16.2. The molecule has 0 aliphatic heterocycles. The SMILES string of the molecule is C1CCC([PH+](C2CCCCC2)C2CCCCC2)CC1.C1CCC([PH+](C2CCCCC2)C2CCCCC2)CC1.CCCCCCC=[C]=[Ru]([Cl])[Cl]. The van der Waals surface area contributed by atoms with Crippen molar-refractivity contribution in [2.75, 3.05) is 0 Å². The van der Waals surface area contributed by atoms with Gasteiger partial charge in [-0.2, -0.15) is 0 Å². The van der Waals surface area contributed by atoms with Gasteiger partial charge in [0.05, 0.1) is 34.0 Å². The predicted molar refractivity (Wildman–Crippen MR) is 228 cm³/mol. The molecule has 0 aromatic rings. The van der Waals surface area contributed by atoms with Gasteiger partial charge in [0.25, 0.3) is 0 Å². The topological polar surface area (TPSA) is 0 Å². The summed E-state index contributed by atoms with van der Waals surface area (Å²) in [4.78, 5) is 0. The molecule has 0 nitrogen and oxygen atoms in total. The fourth-order valence-electron chi connectivity index (χ4n) is 11.4. The van der Waals surface area contributed by atoms with Gasteiger partial charge in [-0.05, 0) is 154 Å². The van der Waals surface area contributed by atoms with Crippen molar-refractivity contribution in [2.24, 2.45) is 0 Å². The molecule has 0 spiro atoms. The van der Waals surface area contributed by atoms with Crippen LogP contribution in [0, 0.1) is 0 Å².